The van der Waals surface area contributed by atoms with Gasteiger partial charge in [0.1, 0.15) is 0 Å². The van der Waals surface area contributed by atoms with E-state index in [1.54, 1.807) is 11.1 Å². The van der Waals surface area contributed by atoms with Crippen molar-refractivity contribution in [2.45, 2.75) is 39.5 Å². The van der Waals surface area contributed by atoms with Gasteiger partial charge in [-0.15, -0.1) is 12.4 Å². The summed E-state index contributed by atoms with van der Waals surface area (Å²) in [6.07, 6.45) is 9.38. The Balaban J connectivity index is 0.00000112. The molecule has 1 atom stereocenters. The zero-order valence-electron chi connectivity index (χ0n) is 9.62. The van der Waals surface area contributed by atoms with Crippen molar-refractivity contribution in [3.05, 3.63) is 23.3 Å². The largest absolute Gasteiger partial charge is 0.289 e. The molecule has 0 N–H and O–H groups in total. The summed E-state index contributed by atoms with van der Waals surface area (Å²) in [5, 5.41) is 0. The molecule has 0 amide bonds. The van der Waals surface area contributed by atoms with Crippen LogP contribution in [0.3, 0.4) is 0 Å². The summed E-state index contributed by atoms with van der Waals surface area (Å²) >= 11 is 0. The fourth-order valence-corrected chi connectivity index (χ4v) is 2.29. The molecule has 0 saturated carbocycles. The van der Waals surface area contributed by atoms with E-state index in [2.05, 4.69) is 31.0 Å². The van der Waals surface area contributed by atoms with Crippen LogP contribution in [0.25, 0.3) is 0 Å². The summed E-state index contributed by atoms with van der Waals surface area (Å²) in [5.74, 6) is 0.747. The molecular formula is C13H20ClN. The van der Waals surface area contributed by atoms with E-state index in [0.29, 0.717) is 0 Å². The highest BCUT2D eigenvalue weighted by Gasteiger charge is 2.24. The van der Waals surface area contributed by atoms with Crippen molar-refractivity contribution in [1.82, 2.24) is 0 Å². The van der Waals surface area contributed by atoms with Crippen LogP contribution in [0, 0.1) is 5.92 Å². The normalized spacial score (nSPS) is 25.2. The maximum Gasteiger partial charge on any atom is 0.0421 e. The first-order chi connectivity index (χ1) is 6.81. The van der Waals surface area contributed by atoms with Gasteiger partial charge in [0.25, 0.3) is 0 Å². The molecule has 0 saturated heterocycles. The van der Waals surface area contributed by atoms with Crippen molar-refractivity contribution in [2.24, 2.45) is 10.9 Å². The fourth-order valence-electron chi connectivity index (χ4n) is 2.29. The number of fused-ring (bicyclic) bond motifs is 1. The number of hydrogen-bond donors (Lipinski definition) is 0. The van der Waals surface area contributed by atoms with E-state index in [-0.39, 0.29) is 12.4 Å². The van der Waals surface area contributed by atoms with E-state index in [0.717, 1.165) is 18.9 Å². The molecule has 1 heterocycles. The van der Waals surface area contributed by atoms with E-state index < -0.39 is 0 Å². The van der Waals surface area contributed by atoms with Gasteiger partial charge in [-0.2, -0.15) is 0 Å². The molecule has 0 aromatic rings. The average Bonchev–Trinajstić information content (AvgIpc) is 2.57. The van der Waals surface area contributed by atoms with Gasteiger partial charge in [0.05, 0.1) is 0 Å². The predicted octanol–water partition coefficient (Wildman–Crippen LogP) is 3.95. The lowest BCUT2D eigenvalue weighted by Gasteiger charge is -2.17. The lowest BCUT2D eigenvalue weighted by atomic mass is 9.94. The van der Waals surface area contributed by atoms with E-state index in [1.807, 2.05) is 0 Å². The van der Waals surface area contributed by atoms with Gasteiger partial charge in [0.2, 0.25) is 0 Å². The van der Waals surface area contributed by atoms with Crippen molar-refractivity contribution in [3.63, 3.8) is 0 Å². The van der Waals surface area contributed by atoms with Crippen LogP contribution in [0.4, 0.5) is 0 Å². The minimum atomic E-state index is 0. The van der Waals surface area contributed by atoms with Crippen LogP contribution in [-0.4, -0.2) is 12.3 Å². The van der Waals surface area contributed by atoms with Crippen LogP contribution in [0.15, 0.2) is 28.3 Å². The Kier molecular flexibility index (Phi) is 4.59. The molecule has 1 nitrogen and oxygen atoms in total. The predicted molar refractivity (Wildman–Crippen MR) is 69.0 cm³/mol. The minimum absolute atomic E-state index is 0. The van der Waals surface area contributed by atoms with Crippen molar-refractivity contribution < 1.29 is 0 Å². The highest BCUT2D eigenvalue weighted by molar-refractivity contribution is 6.04. The highest BCUT2D eigenvalue weighted by atomic mass is 35.5. The van der Waals surface area contributed by atoms with Gasteiger partial charge in [-0.3, -0.25) is 4.99 Å². The maximum absolute atomic E-state index is 4.66. The smallest absolute Gasteiger partial charge is 0.0421 e. The number of halogens is 1. The molecule has 2 rings (SSSR count). The Morgan fingerprint density at radius 3 is 2.93 bits per heavy atom. The number of nitrogens with zero attached hydrogens (tertiary/aromatic N) is 1. The Hall–Kier alpha value is -0.560. The molecule has 1 aliphatic carbocycles. The molecule has 2 heteroatoms. The van der Waals surface area contributed by atoms with E-state index in [9.17, 15) is 0 Å². The molecule has 0 radical (unpaired) electrons. The minimum Gasteiger partial charge on any atom is -0.289 e. The fraction of sp³-hybridized carbons (Fsp3) is 0.615. The molecular weight excluding hydrogens is 206 g/mol. The third-order valence-electron chi connectivity index (χ3n) is 3.07. The van der Waals surface area contributed by atoms with Gasteiger partial charge in [0.15, 0.2) is 0 Å². The summed E-state index contributed by atoms with van der Waals surface area (Å²) in [5.41, 5.74) is 4.52. The molecule has 1 unspecified atom stereocenters. The second-order valence-corrected chi connectivity index (χ2v) is 4.41. The summed E-state index contributed by atoms with van der Waals surface area (Å²) in [6, 6.07) is 0. The first-order valence-electron chi connectivity index (χ1n) is 5.73. The third kappa shape index (κ3) is 2.72. The van der Waals surface area contributed by atoms with Crippen LogP contribution < -0.4 is 0 Å². The van der Waals surface area contributed by atoms with E-state index in [4.69, 9.17) is 0 Å². The SMILES string of the molecule is CCC=CC1=C2CC(C)CN=C2CC1.Cl. The van der Waals surface area contributed by atoms with Crippen molar-refractivity contribution in [1.29, 1.82) is 0 Å². The van der Waals surface area contributed by atoms with Crippen LogP contribution >= 0.6 is 12.4 Å². The zero-order valence-corrected chi connectivity index (χ0v) is 10.4. The molecule has 0 fully saturated rings. The van der Waals surface area contributed by atoms with Crippen molar-refractivity contribution >= 4 is 18.1 Å². The topological polar surface area (TPSA) is 12.4 Å². The van der Waals surface area contributed by atoms with Gasteiger partial charge in [-0.05, 0) is 42.7 Å². The molecule has 0 bridgehead atoms. The Bertz CT molecular complexity index is 312. The average molecular weight is 226 g/mol. The van der Waals surface area contributed by atoms with Gasteiger partial charge in [0, 0.05) is 12.3 Å². The first-order valence-corrected chi connectivity index (χ1v) is 5.73. The summed E-state index contributed by atoms with van der Waals surface area (Å²) < 4.78 is 0. The van der Waals surface area contributed by atoms with Crippen LogP contribution in [0.5, 0.6) is 0 Å². The number of rotatable bonds is 2. The summed E-state index contributed by atoms with van der Waals surface area (Å²) in [6.45, 7) is 5.53. The standard InChI is InChI=1S/C13H19N.ClH/c1-3-4-5-11-6-7-13-12(11)8-10(2)9-14-13;/h4-5,10H,3,6-9H2,1-2H3;1H. The highest BCUT2D eigenvalue weighted by Crippen LogP contribution is 2.32. The number of aliphatic imine (C=N–C) groups is 1. The molecule has 84 valence electrons. The zero-order chi connectivity index (χ0) is 9.97. The summed E-state index contributed by atoms with van der Waals surface area (Å²) in [7, 11) is 0. The monoisotopic (exact) mass is 225 g/mol. The van der Waals surface area contributed by atoms with Gasteiger partial charge in [-0.1, -0.05) is 26.0 Å². The van der Waals surface area contributed by atoms with Crippen LogP contribution in [-0.2, 0) is 0 Å². The molecule has 1 aliphatic heterocycles. The van der Waals surface area contributed by atoms with Gasteiger partial charge in [-0.25, -0.2) is 0 Å². The Morgan fingerprint density at radius 2 is 2.20 bits per heavy atom. The van der Waals surface area contributed by atoms with Crippen LogP contribution in [0.2, 0.25) is 0 Å². The second kappa shape index (κ2) is 5.50. The third-order valence-corrected chi connectivity index (χ3v) is 3.07. The number of allylic oxidation sites excluding steroid dienone is 4. The van der Waals surface area contributed by atoms with E-state index in [1.165, 1.54) is 25.0 Å². The number of hydrogen-bond acceptors (Lipinski definition) is 1. The van der Waals surface area contributed by atoms with Crippen molar-refractivity contribution in [3.8, 4) is 0 Å². The Labute approximate surface area is 98.8 Å². The first kappa shape index (κ1) is 12.5. The van der Waals surface area contributed by atoms with Gasteiger partial charge < -0.3 is 0 Å². The molecule has 2 aliphatic rings. The molecule has 0 aromatic carbocycles. The quantitative estimate of drug-likeness (QED) is 0.675. The Morgan fingerprint density at radius 1 is 1.40 bits per heavy atom. The van der Waals surface area contributed by atoms with E-state index >= 15 is 0 Å². The molecule has 15 heavy (non-hydrogen) atoms. The van der Waals surface area contributed by atoms with Crippen LogP contribution in [0.1, 0.15) is 39.5 Å². The molecule has 0 aromatic heterocycles. The van der Waals surface area contributed by atoms with Crippen molar-refractivity contribution in [2.75, 3.05) is 6.54 Å². The lowest BCUT2D eigenvalue weighted by molar-refractivity contribution is 0.584. The summed E-state index contributed by atoms with van der Waals surface area (Å²) in [4.78, 5) is 4.66. The lowest BCUT2D eigenvalue weighted by Crippen LogP contribution is -2.13. The maximum atomic E-state index is 4.66. The molecule has 0 spiro atoms. The second-order valence-electron chi connectivity index (χ2n) is 4.41. The van der Waals surface area contributed by atoms with Gasteiger partial charge >= 0.3 is 0 Å².